The first-order valence-electron chi connectivity index (χ1n) is 9.57. The fraction of sp³-hybridized carbons (Fsp3) is 0.524. The molecule has 0 unspecified atom stereocenters. The number of carbonyl (C=O) groups excluding carboxylic acids is 1. The standard InChI is InChI=1S/C21H30N4O/c1-14-9-15(2)12-25(11-14)13-16(3)23-21(26)18-10-20(22-4)24-19-8-6-5-7-17(18)19/h5-8,10,14-16H,9,11-13H2,1-4H3,(H,22,24)(H,23,26)/t14-,15-,16+/m0/s1. The molecule has 3 rings (SSSR count). The van der Waals surface area contributed by atoms with Gasteiger partial charge < -0.3 is 15.5 Å². The van der Waals surface area contributed by atoms with Crippen LogP contribution in [-0.2, 0) is 0 Å². The van der Waals surface area contributed by atoms with Gasteiger partial charge in [-0.2, -0.15) is 0 Å². The van der Waals surface area contributed by atoms with Gasteiger partial charge in [0.25, 0.3) is 5.91 Å². The molecule has 1 amide bonds. The second kappa shape index (κ2) is 8.04. The number of pyridine rings is 1. The molecule has 2 aromatic rings. The molecular weight excluding hydrogens is 324 g/mol. The maximum absolute atomic E-state index is 12.9. The summed E-state index contributed by atoms with van der Waals surface area (Å²) in [5.74, 6) is 2.12. The maximum Gasteiger partial charge on any atom is 0.252 e. The summed E-state index contributed by atoms with van der Waals surface area (Å²) in [5, 5.41) is 7.11. The van der Waals surface area contributed by atoms with E-state index in [1.54, 1.807) is 0 Å². The fourth-order valence-electron chi connectivity index (χ4n) is 4.17. The van der Waals surface area contributed by atoms with Gasteiger partial charge in [-0.25, -0.2) is 4.98 Å². The topological polar surface area (TPSA) is 57.3 Å². The number of fused-ring (bicyclic) bond motifs is 1. The molecule has 1 saturated heterocycles. The van der Waals surface area contributed by atoms with Gasteiger partial charge in [0.1, 0.15) is 5.82 Å². The van der Waals surface area contributed by atoms with E-state index in [-0.39, 0.29) is 11.9 Å². The molecule has 5 nitrogen and oxygen atoms in total. The second-order valence-electron chi connectivity index (χ2n) is 7.86. The van der Waals surface area contributed by atoms with E-state index in [1.807, 2.05) is 37.4 Å². The van der Waals surface area contributed by atoms with Gasteiger partial charge in [-0.1, -0.05) is 32.0 Å². The molecule has 0 spiro atoms. The number of rotatable bonds is 5. The Morgan fingerprint density at radius 2 is 1.96 bits per heavy atom. The van der Waals surface area contributed by atoms with Crippen molar-refractivity contribution in [2.24, 2.45) is 11.8 Å². The molecule has 5 heteroatoms. The minimum Gasteiger partial charge on any atom is -0.373 e. The lowest BCUT2D eigenvalue weighted by atomic mass is 9.92. The predicted octanol–water partition coefficient (Wildman–Crippen LogP) is 3.37. The summed E-state index contributed by atoms with van der Waals surface area (Å²) in [6, 6.07) is 9.71. The molecular formula is C21H30N4O. The van der Waals surface area contributed by atoms with E-state index < -0.39 is 0 Å². The summed E-state index contributed by atoms with van der Waals surface area (Å²) in [7, 11) is 1.82. The highest BCUT2D eigenvalue weighted by Crippen LogP contribution is 2.22. The summed E-state index contributed by atoms with van der Waals surface area (Å²) < 4.78 is 0. The van der Waals surface area contributed by atoms with Gasteiger partial charge in [-0.15, -0.1) is 0 Å². The first-order chi connectivity index (χ1) is 12.5. The largest absolute Gasteiger partial charge is 0.373 e. The number of hydrogen-bond donors (Lipinski definition) is 2. The molecule has 2 N–H and O–H groups in total. The quantitative estimate of drug-likeness (QED) is 0.864. The summed E-state index contributed by atoms with van der Waals surface area (Å²) >= 11 is 0. The SMILES string of the molecule is CNc1cc(C(=O)N[C@H](C)CN2C[C@@H](C)C[C@H](C)C2)c2ccccc2n1. The fourth-order valence-corrected chi connectivity index (χ4v) is 4.17. The Kier molecular flexibility index (Phi) is 5.77. The number of nitrogens with one attached hydrogen (secondary N) is 2. The van der Waals surface area contributed by atoms with Gasteiger partial charge in [-0.3, -0.25) is 4.79 Å². The van der Waals surface area contributed by atoms with E-state index in [4.69, 9.17) is 0 Å². The zero-order valence-corrected chi connectivity index (χ0v) is 16.2. The van der Waals surface area contributed by atoms with Gasteiger partial charge in [0, 0.05) is 38.1 Å². The first-order valence-corrected chi connectivity index (χ1v) is 9.57. The Labute approximate surface area is 156 Å². The van der Waals surface area contributed by atoms with Gasteiger partial charge in [-0.05, 0) is 37.3 Å². The zero-order valence-electron chi connectivity index (χ0n) is 16.2. The van der Waals surface area contributed by atoms with E-state index in [2.05, 4.69) is 41.3 Å². The zero-order chi connectivity index (χ0) is 18.7. The van der Waals surface area contributed by atoms with E-state index in [0.717, 1.165) is 42.4 Å². The molecule has 1 fully saturated rings. The molecule has 1 aliphatic rings. The third-order valence-electron chi connectivity index (χ3n) is 5.07. The van der Waals surface area contributed by atoms with Crippen molar-refractivity contribution in [2.45, 2.75) is 33.2 Å². The van der Waals surface area contributed by atoms with Crippen LogP contribution in [0.5, 0.6) is 0 Å². The molecule has 26 heavy (non-hydrogen) atoms. The number of anilines is 1. The predicted molar refractivity (Wildman–Crippen MR) is 108 cm³/mol. The lowest BCUT2D eigenvalue weighted by Gasteiger charge is -2.36. The lowest BCUT2D eigenvalue weighted by Crippen LogP contribution is -2.47. The highest BCUT2D eigenvalue weighted by Gasteiger charge is 2.23. The van der Waals surface area contributed by atoms with E-state index >= 15 is 0 Å². The smallest absolute Gasteiger partial charge is 0.252 e. The second-order valence-corrected chi connectivity index (χ2v) is 7.86. The average Bonchev–Trinajstić information content (AvgIpc) is 2.59. The molecule has 1 aromatic heterocycles. The molecule has 140 valence electrons. The highest BCUT2D eigenvalue weighted by molar-refractivity contribution is 6.07. The first kappa shape index (κ1) is 18.6. The van der Waals surface area contributed by atoms with Crippen LogP contribution in [0.2, 0.25) is 0 Å². The molecule has 3 atom stereocenters. The molecule has 1 aliphatic heterocycles. The molecule has 2 heterocycles. The number of amides is 1. The molecule has 0 aliphatic carbocycles. The Bertz CT molecular complexity index is 766. The number of aromatic nitrogens is 1. The van der Waals surface area contributed by atoms with Crippen LogP contribution < -0.4 is 10.6 Å². The summed E-state index contributed by atoms with van der Waals surface area (Å²) in [6.07, 6.45) is 1.30. The van der Waals surface area contributed by atoms with E-state index in [9.17, 15) is 4.79 Å². The van der Waals surface area contributed by atoms with Crippen molar-refractivity contribution in [3.05, 3.63) is 35.9 Å². The van der Waals surface area contributed by atoms with Crippen LogP contribution in [0.4, 0.5) is 5.82 Å². The third kappa shape index (κ3) is 4.33. The number of para-hydroxylation sites is 1. The Morgan fingerprint density at radius 3 is 2.65 bits per heavy atom. The number of benzene rings is 1. The summed E-state index contributed by atoms with van der Waals surface area (Å²) in [5.41, 5.74) is 1.50. The van der Waals surface area contributed by atoms with Gasteiger partial charge in [0.15, 0.2) is 0 Å². The number of nitrogens with zero attached hydrogens (tertiary/aromatic N) is 2. The highest BCUT2D eigenvalue weighted by atomic mass is 16.1. The van der Waals surface area contributed by atoms with Crippen molar-refractivity contribution in [3.8, 4) is 0 Å². The monoisotopic (exact) mass is 354 g/mol. The Morgan fingerprint density at radius 1 is 1.27 bits per heavy atom. The maximum atomic E-state index is 12.9. The van der Waals surface area contributed by atoms with E-state index in [0.29, 0.717) is 11.4 Å². The van der Waals surface area contributed by atoms with E-state index in [1.165, 1.54) is 6.42 Å². The average molecular weight is 354 g/mol. The Hall–Kier alpha value is -2.14. The normalized spacial score (nSPS) is 22.2. The Balaban J connectivity index is 1.72. The van der Waals surface area contributed by atoms with Crippen LogP contribution in [-0.4, -0.2) is 48.5 Å². The summed E-state index contributed by atoms with van der Waals surface area (Å²) in [4.78, 5) is 19.9. The van der Waals surface area contributed by atoms with Gasteiger partial charge in [0.05, 0.1) is 11.1 Å². The van der Waals surface area contributed by atoms with Crippen molar-refractivity contribution in [3.63, 3.8) is 0 Å². The minimum absolute atomic E-state index is 0.0364. The lowest BCUT2D eigenvalue weighted by molar-refractivity contribution is 0.0906. The van der Waals surface area contributed by atoms with Crippen LogP contribution in [0.3, 0.4) is 0 Å². The third-order valence-corrected chi connectivity index (χ3v) is 5.07. The van der Waals surface area contributed by atoms with Gasteiger partial charge in [0.2, 0.25) is 0 Å². The van der Waals surface area contributed by atoms with Crippen LogP contribution in [0.25, 0.3) is 10.9 Å². The van der Waals surface area contributed by atoms with Crippen molar-refractivity contribution >= 4 is 22.6 Å². The molecule has 0 saturated carbocycles. The van der Waals surface area contributed by atoms with Crippen LogP contribution in [0.1, 0.15) is 37.6 Å². The minimum atomic E-state index is -0.0364. The van der Waals surface area contributed by atoms with Crippen molar-refractivity contribution in [2.75, 3.05) is 32.0 Å². The number of piperidine rings is 1. The molecule has 0 bridgehead atoms. The molecule has 1 aromatic carbocycles. The van der Waals surface area contributed by atoms with Crippen molar-refractivity contribution < 1.29 is 4.79 Å². The van der Waals surface area contributed by atoms with Crippen LogP contribution >= 0.6 is 0 Å². The number of hydrogen-bond acceptors (Lipinski definition) is 4. The van der Waals surface area contributed by atoms with Crippen molar-refractivity contribution in [1.82, 2.24) is 15.2 Å². The van der Waals surface area contributed by atoms with Gasteiger partial charge >= 0.3 is 0 Å². The van der Waals surface area contributed by atoms with Crippen LogP contribution in [0.15, 0.2) is 30.3 Å². The van der Waals surface area contributed by atoms with Crippen molar-refractivity contribution in [1.29, 1.82) is 0 Å². The number of likely N-dealkylation sites (tertiary alicyclic amines) is 1. The summed E-state index contributed by atoms with van der Waals surface area (Å²) in [6.45, 7) is 9.84. The molecule has 0 radical (unpaired) electrons. The van der Waals surface area contributed by atoms with Crippen LogP contribution in [0, 0.1) is 11.8 Å². The number of carbonyl (C=O) groups is 1.